The fourth-order valence-corrected chi connectivity index (χ4v) is 9.27. The number of aryl methyl sites for hydroxylation is 1. The Labute approximate surface area is 247 Å². The molecule has 0 bridgehead atoms. The summed E-state index contributed by atoms with van der Waals surface area (Å²) in [4.78, 5) is 15.9. The number of fused-ring (bicyclic) bond motifs is 5. The molecule has 42 heavy (non-hydrogen) atoms. The molecule has 0 amide bonds. The van der Waals surface area contributed by atoms with E-state index in [1.807, 2.05) is 10.9 Å². The fourth-order valence-electron chi connectivity index (χ4n) is 8.11. The molecule has 2 fully saturated rings. The molecule has 12 heteroatoms. The van der Waals surface area contributed by atoms with Crippen LogP contribution in [0.4, 0.5) is 10.8 Å². The largest absolute Gasteiger partial charge is 0.389 e. The topological polar surface area (TPSA) is 146 Å². The van der Waals surface area contributed by atoms with Gasteiger partial charge in [-0.2, -0.15) is 10.4 Å². The van der Waals surface area contributed by atoms with Gasteiger partial charge in [0.05, 0.1) is 34.7 Å². The zero-order valence-corrected chi connectivity index (χ0v) is 24.8. The van der Waals surface area contributed by atoms with Gasteiger partial charge in [-0.1, -0.05) is 5.16 Å². The van der Waals surface area contributed by atoms with Gasteiger partial charge in [-0.15, -0.1) is 11.3 Å². The van der Waals surface area contributed by atoms with Crippen molar-refractivity contribution in [3.63, 3.8) is 0 Å². The number of β-amino-alcohol motifs (C(OH)–C–C–N with tert-alkyl or cyclic N) is 1. The van der Waals surface area contributed by atoms with Crippen LogP contribution in [-0.4, -0.2) is 73.7 Å². The summed E-state index contributed by atoms with van der Waals surface area (Å²) in [6.07, 6.45) is 9.34. The van der Waals surface area contributed by atoms with Gasteiger partial charge in [0, 0.05) is 29.6 Å². The average molecular weight is 586 g/mol. The Balaban J connectivity index is 1.28. The van der Waals surface area contributed by atoms with Gasteiger partial charge < -0.3 is 25.2 Å². The van der Waals surface area contributed by atoms with E-state index in [0.717, 1.165) is 85.2 Å². The van der Waals surface area contributed by atoms with Gasteiger partial charge in [0.2, 0.25) is 0 Å². The van der Waals surface area contributed by atoms with E-state index in [-0.39, 0.29) is 12.1 Å². The highest BCUT2D eigenvalue weighted by Crippen LogP contribution is 2.55. The number of nitrogen functional groups attached to an aromatic ring is 1. The maximum Gasteiger partial charge on any atom is 0.186 e. The van der Waals surface area contributed by atoms with E-state index in [2.05, 4.69) is 35.0 Å². The smallest absolute Gasteiger partial charge is 0.186 e. The molecule has 3 atom stereocenters. The highest BCUT2D eigenvalue weighted by atomic mass is 32.1. The first-order valence-corrected chi connectivity index (χ1v) is 15.9. The molecule has 4 aliphatic rings. The van der Waals surface area contributed by atoms with Crippen molar-refractivity contribution in [1.82, 2.24) is 29.8 Å². The summed E-state index contributed by atoms with van der Waals surface area (Å²) in [5.74, 6) is 2.15. The summed E-state index contributed by atoms with van der Waals surface area (Å²) in [6.45, 7) is 4.35. The fraction of sp³-hybridized carbons (Fsp3) is 0.567. The number of hydrogen-bond donors (Lipinski definition) is 2. The normalized spacial score (nSPS) is 25.0. The second-order valence-electron chi connectivity index (χ2n) is 12.6. The van der Waals surface area contributed by atoms with E-state index in [1.165, 1.54) is 11.3 Å². The number of anilines is 2. The molecular formula is C30H35N9O2S. The lowest BCUT2D eigenvalue weighted by molar-refractivity contribution is 0.141. The van der Waals surface area contributed by atoms with Crippen LogP contribution in [0.5, 0.6) is 0 Å². The molecule has 6 heterocycles. The number of aliphatic hydroxyl groups excluding tert-OH is 1. The van der Waals surface area contributed by atoms with E-state index in [4.69, 9.17) is 25.3 Å². The van der Waals surface area contributed by atoms with Gasteiger partial charge in [-0.05, 0) is 77.4 Å². The second kappa shape index (κ2) is 9.49. The van der Waals surface area contributed by atoms with Crippen molar-refractivity contribution in [2.24, 2.45) is 0 Å². The maximum absolute atomic E-state index is 10.1. The SMILES string of the molecule is C[C@@H]([C@@H]1CCCN1C)n1ncc2c(N3CC(O)C3)nc(-c3noc4c3CCC[C@@]43CCCc4sc(N)c(C#N)c43)nc21. The molecule has 0 aromatic carbocycles. The molecule has 2 saturated heterocycles. The van der Waals surface area contributed by atoms with Gasteiger partial charge in [0.15, 0.2) is 22.9 Å². The Hall–Kier alpha value is -3.53. The Morgan fingerprint density at radius 2 is 2.02 bits per heavy atom. The summed E-state index contributed by atoms with van der Waals surface area (Å²) >= 11 is 1.55. The second-order valence-corrected chi connectivity index (χ2v) is 13.7. The molecule has 4 aromatic heterocycles. The third-order valence-electron chi connectivity index (χ3n) is 10.2. The van der Waals surface area contributed by atoms with E-state index in [9.17, 15) is 10.4 Å². The Morgan fingerprint density at radius 3 is 2.76 bits per heavy atom. The molecule has 2 aliphatic carbocycles. The summed E-state index contributed by atoms with van der Waals surface area (Å²) in [5, 5.41) is 31.2. The number of thiophene rings is 1. The minimum absolute atomic E-state index is 0.135. The number of nitrogens with zero attached hydrogens (tertiary/aromatic N) is 8. The molecule has 8 rings (SSSR count). The zero-order chi connectivity index (χ0) is 28.7. The highest BCUT2D eigenvalue weighted by Gasteiger charge is 2.49. The standard InChI is InChI=1S/C30H35N9O2S/c1-16(21-7-5-11-37(21)2)39-29-20(13-33-39)28(38-14-17(40)15-38)34-27(35-29)24-18-6-3-9-30(25(18)41-36-24)10-4-8-22-23(30)19(12-31)26(32)42-22/h13,16-17,21,40H,3-11,14-15,32H2,1-2H3/t16-,21-,30-/m0/s1. The van der Waals surface area contributed by atoms with Crippen LogP contribution in [0.1, 0.15) is 78.8 Å². The quantitative estimate of drug-likeness (QED) is 0.363. The third-order valence-corrected chi connectivity index (χ3v) is 11.3. The van der Waals surface area contributed by atoms with Crippen molar-refractivity contribution in [2.75, 3.05) is 37.3 Å². The Kier molecular flexibility index (Phi) is 5.90. The summed E-state index contributed by atoms with van der Waals surface area (Å²) in [6, 6.07) is 2.92. The number of aliphatic hydroxyl groups is 1. The lowest BCUT2D eigenvalue weighted by Gasteiger charge is -2.39. The maximum atomic E-state index is 10.1. The number of likely N-dealkylation sites (N-methyl/N-ethyl adjacent to an activating group) is 1. The molecule has 0 radical (unpaired) electrons. The van der Waals surface area contributed by atoms with Crippen LogP contribution in [0.3, 0.4) is 0 Å². The van der Waals surface area contributed by atoms with Crippen molar-refractivity contribution in [1.29, 1.82) is 5.26 Å². The Bertz CT molecular complexity index is 1740. The van der Waals surface area contributed by atoms with Crippen molar-refractivity contribution in [3.8, 4) is 17.6 Å². The number of hydrogen-bond acceptors (Lipinski definition) is 11. The lowest BCUT2D eigenvalue weighted by Crippen LogP contribution is -2.51. The number of rotatable bonds is 4. The molecule has 0 saturated carbocycles. The molecule has 3 N–H and O–H groups in total. The number of aromatic nitrogens is 5. The first-order valence-electron chi connectivity index (χ1n) is 15.1. The predicted octanol–water partition coefficient (Wildman–Crippen LogP) is 3.79. The number of nitrogens with two attached hydrogens (primary N) is 1. The highest BCUT2D eigenvalue weighted by molar-refractivity contribution is 7.16. The van der Waals surface area contributed by atoms with Crippen molar-refractivity contribution in [2.45, 2.75) is 81.9 Å². The van der Waals surface area contributed by atoms with E-state index >= 15 is 0 Å². The minimum Gasteiger partial charge on any atom is -0.389 e. The molecule has 11 nitrogen and oxygen atoms in total. The van der Waals surface area contributed by atoms with E-state index in [1.54, 1.807) is 11.3 Å². The van der Waals surface area contributed by atoms with Crippen molar-refractivity contribution in [3.05, 3.63) is 33.5 Å². The van der Waals surface area contributed by atoms with Gasteiger partial charge in [0.25, 0.3) is 0 Å². The average Bonchev–Trinajstić information content (AvgIpc) is 3.75. The molecule has 1 spiro atoms. The molecular weight excluding hydrogens is 550 g/mol. The van der Waals surface area contributed by atoms with E-state index in [0.29, 0.717) is 41.2 Å². The van der Waals surface area contributed by atoms with Crippen molar-refractivity contribution < 1.29 is 9.63 Å². The lowest BCUT2D eigenvalue weighted by atomic mass is 9.63. The van der Waals surface area contributed by atoms with Gasteiger partial charge >= 0.3 is 0 Å². The molecule has 218 valence electrons. The molecule has 4 aromatic rings. The van der Waals surface area contributed by atoms with Crippen molar-refractivity contribution >= 4 is 33.2 Å². The monoisotopic (exact) mass is 585 g/mol. The Morgan fingerprint density at radius 1 is 1.21 bits per heavy atom. The minimum atomic E-state index is -0.399. The summed E-state index contributed by atoms with van der Waals surface area (Å²) in [7, 11) is 2.18. The van der Waals surface area contributed by atoms with Crippen LogP contribution in [-0.2, 0) is 18.3 Å². The summed E-state index contributed by atoms with van der Waals surface area (Å²) < 4.78 is 8.31. The first-order chi connectivity index (χ1) is 20.4. The summed E-state index contributed by atoms with van der Waals surface area (Å²) in [5.41, 5.74) is 10.1. The van der Waals surface area contributed by atoms with Crippen LogP contribution in [0.15, 0.2) is 10.7 Å². The van der Waals surface area contributed by atoms with Crippen LogP contribution < -0.4 is 10.6 Å². The number of nitriles is 1. The molecule has 0 unspecified atom stereocenters. The van der Waals surface area contributed by atoms with Crippen LogP contribution in [0, 0.1) is 11.3 Å². The zero-order valence-electron chi connectivity index (χ0n) is 24.0. The van der Waals surface area contributed by atoms with Gasteiger partial charge in [-0.25, -0.2) is 14.6 Å². The van der Waals surface area contributed by atoms with Gasteiger partial charge in [0.1, 0.15) is 16.9 Å². The number of likely N-dealkylation sites (tertiary alicyclic amines) is 1. The van der Waals surface area contributed by atoms with Gasteiger partial charge in [-0.3, -0.25) is 0 Å². The van der Waals surface area contributed by atoms with E-state index < -0.39 is 5.41 Å². The first kappa shape index (κ1) is 26.1. The molecule has 2 aliphatic heterocycles. The van der Waals surface area contributed by atoms with Crippen LogP contribution in [0.25, 0.3) is 22.6 Å². The van der Waals surface area contributed by atoms with Crippen LogP contribution in [0.2, 0.25) is 0 Å². The third kappa shape index (κ3) is 3.63. The predicted molar refractivity (Wildman–Crippen MR) is 160 cm³/mol. The van der Waals surface area contributed by atoms with Crippen LogP contribution >= 0.6 is 11.3 Å².